The van der Waals surface area contributed by atoms with Gasteiger partial charge in [0, 0.05) is 18.8 Å². The highest BCUT2D eigenvalue weighted by molar-refractivity contribution is 5.88. The summed E-state index contributed by atoms with van der Waals surface area (Å²) in [5, 5.41) is 5.54. The van der Waals surface area contributed by atoms with Crippen LogP contribution in [0.3, 0.4) is 0 Å². The maximum absolute atomic E-state index is 13.2. The molecule has 0 radical (unpaired) electrons. The van der Waals surface area contributed by atoms with Crippen LogP contribution >= 0.6 is 0 Å². The van der Waals surface area contributed by atoms with Gasteiger partial charge in [0.1, 0.15) is 18.3 Å². The number of morpholine rings is 1. The van der Waals surface area contributed by atoms with E-state index in [0.717, 1.165) is 11.1 Å². The number of carbonyl (C=O) groups excluding carboxylic acids is 2. The number of benzene rings is 2. The van der Waals surface area contributed by atoms with E-state index < -0.39 is 12.0 Å². The zero-order valence-electron chi connectivity index (χ0n) is 16.7. The predicted octanol–water partition coefficient (Wildman–Crippen LogP) is 2.61. The van der Waals surface area contributed by atoms with E-state index in [4.69, 9.17) is 9.47 Å². The lowest BCUT2D eigenvalue weighted by molar-refractivity contribution is -0.139. The molecule has 2 aliphatic heterocycles. The van der Waals surface area contributed by atoms with Crippen molar-refractivity contribution in [3.63, 3.8) is 0 Å². The highest BCUT2D eigenvalue weighted by atomic mass is 16.5. The van der Waals surface area contributed by atoms with Gasteiger partial charge in [0.25, 0.3) is 0 Å². The molecule has 2 N–H and O–H groups in total. The molecule has 7 heteroatoms. The Balaban J connectivity index is 1.55. The van der Waals surface area contributed by atoms with Crippen molar-refractivity contribution in [2.75, 3.05) is 26.3 Å². The van der Waals surface area contributed by atoms with Gasteiger partial charge in [-0.2, -0.15) is 0 Å². The van der Waals surface area contributed by atoms with E-state index in [1.54, 1.807) is 4.90 Å². The predicted molar refractivity (Wildman–Crippen MR) is 112 cm³/mol. The SMILES string of the molecule is C=C1NC(=O)N[C@H](c2cccc(OCc3ccccc3)c2)[C@@H]1C(=O)N1CCOCC1. The second-order valence-electron chi connectivity index (χ2n) is 7.36. The quantitative estimate of drug-likeness (QED) is 0.799. The largest absolute Gasteiger partial charge is 0.489 e. The number of nitrogens with one attached hydrogen (secondary N) is 2. The van der Waals surface area contributed by atoms with E-state index in [2.05, 4.69) is 17.2 Å². The summed E-state index contributed by atoms with van der Waals surface area (Å²) in [6, 6.07) is 16.5. The minimum Gasteiger partial charge on any atom is -0.489 e. The van der Waals surface area contributed by atoms with Crippen molar-refractivity contribution in [2.24, 2.45) is 5.92 Å². The molecule has 2 aromatic rings. The number of rotatable bonds is 5. The molecular formula is C23H25N3O4. The fourth-order valence-electron chi connectivity index (χ4n) is 3.77. The molecule has 0 bridgehead atoms. The first-order valence-corrected chi connectivity index (χ1v) is 10.0. The Morgan fingerprint density at radius 1 is 1.13 bits per heavy atom. The van der Waals surface area contributed by atoms with E-state index >= 15 is 0 Å². The third-order valence-corrected chi connectivity index (χ3v) is 5.32. The number of nitrogens with zero attached hydrogens (tertiary/aromatic N) is 1. The maximum Gasteiger partial charge on any atom is 0.319 e. The Labute approximate surface area is 175 Å². The molecule has 0 spiro atoms. The van der Waals surface area contributed by atoms with Crippen LogP contribution in [0.15, 0.2) is 66.9 Å². The molecule has 7 nitrogen and oxygen atoms in total. The smallest absolute Gasteiger partial charge is 0.319 e. The van der Waals surface area contributed by atoms with Crippen LogP contribution in [0.4, 0.5) is 4.79 Å². The van der Waals surface area contributed by atoms with Gasteiger partial charge in [-0.25, -0.2) is 4.79 Å². The highest BCUT2D eigenvalue weighted by Gasteiger charge is 2.40. The lowest BCUT2D eigenvalue weighted by atomic mass is 9.87. The number of carbonyl (C=O) groups is 2. The Bertz CT molecular complexity index is 925. The molecule has 2 aromatic carbocycles. The van der Waals surface area contributed by atoms with Crippen LogP contribution in [0.25, 0.3) is 0 Å². The van der Waals surface area contributed by atoms with Crippen LogP contribution in [-0.2, 0) is 16.1 Å². The normalized spacial score (nSPS) is 21.5. The monoisotopic (exact) mass is 407 g/mol. The second kappa shape index (κ2) is 9.00. The van der Waals surface area contributed by atoms with Gasteiger partial charge in [-0.05, 0) is 23.3 Å². The number of amides is 3. The summed E-state index contributed by atoms with van der Waals surface area (Å²) in [7, 11) is 0. The van der Waals surface area contributed by atoms with Crippen LogP contribution in [0, 0.1) is 5.92 Å². The van der Waals surface area contributed by atoms with Gasteiger partial charge in [0.15, 0.2) is 0 Å². The number of hydrogen-bond donors (Lipinski definition) is 2. The van der Waals surface area contributed by atoms with Crippen molar-refractivity contribution in [1.82, 2.24) is 15.5 Å². The van der Waals surface area contributed by atoms with E-state index in [9.17, 15) is 9.59 Å². The van der Waals surface area contributed by atoms with Crippen LogP contribution in [0.5, 0.6) is 5.75 Å². The first-order valence-electron chi connectivity index (χ1n) is 10.0. The molecule has 4 rings (SSSR count). The summed E-state index contributed by atoms with van der Waals surface area (Å²) in [6.45, 7) is 6.48. The molecular weight excluding hydrogens is 382 g/mol. The van der Waals surface area contributed by atoms with Gasteiger partial charge in [0.2, 0.25) is 5.91 Å². The standard InChI is InChI=1S/C23H25N3O4/c1-16-20(22(27)26-10-12-29-13-11-26)21(25-23(28)24-16)18-8-5-9-19(14-18)30-15-17-6-3-2-4-7-17/h2-9,14,20-21H,1,10-13,15H2,(H2,24,25,28)/t20-,21-/m1/s1. The Morgan fingerprint density at radius 2 is 1.90 bits per heavy atom. The van der Waals surface area contributed by atoms with E-state index in [1.165, 1.54) is 0 Å². The summed E-state index contributed by atoms with van der Waals surface area (Å²) >= 11 is 0. The molecule has 0 aromatic heterocycles. The molecule has 0 unspecified atom stereocenters. The Morgan fingerprint density at radius 3 is 2.67 bits per heavy atom. The number of ether oxygens (including phenoxy) is 2. The van der Waals surface area contributed by atoms with Gasteiger partial charge >= 0.3 is 6.03 Å². The summed E-state index contributed by atoms with van der Waals surface area (Å²) in [6.07, 6.45) is 0. The van der Waals surface area contributed by atoms with Crippen molar-refractivity contribution < 1.29 is 19.1 Å². The van der Waals surface area contributed by atoms with Gasteiger partial charge < -0.3 is 25.0 Å². The van der Waals surface area contributed by atoms with Gasteiger partial charge in [-0.1, -0.05) is 49.0 Å². The lowest BCUT2D eigenvalue weighted by Gasteiger charge is -2.38. The average Bonchev–Trinajstić information content (AvgIpc) is 2.78. The molecule has 2 saturated heterocycles. The zero-order chi connectivity index (χ0) is 20.9. The molecule has 0 saturated carbocycles. The first-order chi connectivity index (χ1) is 14.6. The van der Waals surface area contributed by atoms with E-state index in [-0.39, 0.29) is 11.9 Å². The fraction of sp³-hybridized carbons (Fsp3) is 0.304. The minimum atomic E-state index is -0.606. The molecule has 156 valence electrons. The van der Waals surface area contributed by atoms with Crippen LogP contribution in [0.1, 0.15) is 17.2 Å². The van der Waals surface area contributed by atoms with E-state index in [1.807, 2.05) is 54.6 Å². The van der Waals surface area contributed by atoms with Crippen molar-refractivity contribution in [1.29, 1.82) is 0 Å². The molecule has 0 aliphatic carbocycles. The number of hydrogen-bond acceptors (Lipinski definition) is 4. The van der Waals surface area contributed by atoms with Gasteiger partial charge in [-0.15, -0.1) is 0 Å². The third-order valence-electron chi connectivity index (χ3n) is 5.32. The summed E-state index contributed by atoms with van der Waals surface area (Å²) < 4.78 is 11.3. The van der Waals surface area contributed by atoms with Crippen LogP contribution < -0.4 is 15.4 Å². The topological polar surface area (TPSA) is 79.9 Å². The van der Waals surface area contributed by atoms with Crippen molar-refractivity contribution in [3.8, 4) is 5.75 Å². The molecule has 2 aliphatic rings. The van der Waals surface area contributed by atoms with Crippen molar-refractivity contribution >= 4 is 11.9 Å². The van der Waals surface area contributed by atoms with Crippen LogP contribution in [-0.4, -0.2) is 43.1 Å². The summed E-state index contributed by atoms with van der Waals surface area (Å²) in [5.74, 6) is -0.00565. The fourth-order valence-corrected chi connectivity index (χ4v) is 3.77. The van der Waals surface area contributed by atoms with Crippen molar-refractivity contribution in [2.45, 2.75) is 12.6 Å². The minimum absolute atomic E-state index is 0.0728. The third kappa shape index (κ3) is 4.46. The molecule has 2 atom stereocenters. The molecule has 2 heterocycles. The Kier molecular flexibility index (Phi) is 5.99. The summed E-state index contributed by atoms with van der Waals surface area (Å²) in [4.78, 5) is 27.1. The highest BCUT2D eigenvalue weighted by Crippen LogP contribution is 2.32. The zero-order valence-corrected chi connectivity index (χ0v) is 16.7. The van der Waals surface area contributed by atoms with Crippen molar-refractivity contribution in [3.05, 3.63) is 78.0 Å². The molecule has 3 amide bonds. The number of urea groups is 1. The van der Waals surface area contributed by atoms with Gasteiger partial charge in [-0.3, -0.25) is 4.79 Å². The summed E-state index contributed by atoms with van der Waals surface area (Å²) in [5.41, 5.74) is 2.26. The molecule has 2 fully saturated rings. The van der Waals surface area contributed by atoms with Crippen LogP contribution in [0.2, 0.25) is 0 Å². The second-order valence-corrected chi connectivity index (χ2v) is 7.36. The van der Waals surface area contributed by atoms with Gasteiger partial charge in [0.05, 0.1) is 19.3 Å². The van der Waals surface area contributed by atoms with E-state index in [0.29, 0.717) is 44.4 Å². The lowest BCUT2D eigenvalue weighted by Crippen LogP contribution is -2.55. The Hall–Kier alpha value is -3.32. The maximum atomic E-state index is 13.2. The molecule has 30 heavy (non-hydrogen) atoms. The first kappa shape index (κ1) is 20.0. The average molecular weight is 407 g/mol.